The highest BCUT2D eigenvalue weighted by atomic mass is 16.5. The SMILES string of the molecule is CC(CN)c1cccc(C(=O)C2CCOCC2)c1. The minimum absolute atomic E-state index is 0.127. The van der Waals surface area contributed by atoms with E-state index in [0.717, 1.165) is 24.0 Å². The highest BCUT2D eigenvalue weighted by Crippen LogP contribution is 2.22. The van der Waals surface area contributed by atoms with E-state index in [1.807, 2.05) is 24.3 Å². The summed E-state index contributed by atoms with van der Waals surface area (Å²) < 4.78 is 5.30. The van der Waals surface area contributed by atoms with Crippen LogP contribution >= 0.6 is 0 Å². The van der Waals surface area contributed by atoms with Crippen molar-refractivity contribution in [3.8, 4) is 0 Å². The predicted molar refractivity (Wildman–Crippen MR) is 71.8 cm³/mol. The Morgan fingerprint density at radius 2 is 2.17 bits per heavy atom. The molecule has 1 saturated heterocycles. The molecule has 98 valence electrons. The number of ketones is 1. The largest absolute Gasteiger partial charge is 0.381 e. The van der Waals surface area contributed by atoms with E-state index in [1.54, 1.807) is 0 Å². The highest BCUT2D eigenvalue weighted by molar-refractivity contribution is 5.98. The number of benzene rings is 1. The molecule has 2 N–H and O–H groups in total. The Morgan fingerprint density at radius 1 is 1.44 bits per heavy atom. The van der Waals surface area contributed by atoms with E-state index in [9.17, 15) is 4.79 Å². The van der Waals surface area contributed by atoms with Crippen LogP contribution in [0.2, 0.25) is 0 Å². The Labute approximate surface area is 108 Å². The number of rotatable bonds is 4. The second-order valence-corrected chi connectivity index (χ2v) is 5.01. The summed E-state index contributed by atoms with van der Waals surface area (Å²) in [6, 6.07) is 7.90. The molecule has 1 heterocycles. The van der Waals surface area contributed by atoms with Crippen LogP contribution in [0, 0.1) is 5.92 Å². The van der Waals surface area contributed by atoms with Crippen LogP contribution in [-0.4, -0.2) is 25.5 Å². The summed E-state index contributed by atoms with van der Waals surface area (Å²) >= 11 is 0. The second-order valence-electron chi connectivity index (χ2n) is 5.01. The van der Waals surface area contributed by atoms with Gasteiger partial charge in [-0.25, -0.2) is 0 Å². The minimum atomic E-state index is 0.127. The molecule has 1 aliphatic heterocycles. The number of nitrogens with two attached hydrogens (primary N) is 1. The molecule has 3 heteroatoms. The van der Waals surface area contributed by atoms with Crippen molar-refractivity contribution in [2.45, 2.75) is 25.7 Å². The lowest BCUT2D eigenvalue weighted by Crippen LogP contribution is -2.23. The molecule has 1 atom stereocenters. The van der Waals surface area contributed by atoms with E-state index in [2.05, 4.69) is 6.92 Å². The lowest BCUT2D eigenvalue weighted by molar-refractivity contribution is 0.0545. The molecule has 1 aromatic rings. The topological polar surface area (TPSA) is 52.3 Å². The first-order valence-corrected chi connectivity index (χ1v) is 6.64. The van der Waals surface area contributed by atoms with Crippen molar-refractivity contribution in [2.75, 3.05) is 19.8 Å². The summed E-state index contributed by atoms with van der Waals surface area (Å²) in [6.45, 7) is 4.09. The van der Waals surface area contributed by atoms with Crippen LogP contribution in [0.3, 0.4) is 0 Å². The minimum Gasteiger partial charge on any atom is -0.381 e. The van der Waals surface area contributed by atoms with Gasteiger partial charge < -0.3 is 10.5 Å². The first-order valence-electron chi connectivity index (χ1n) is 6.64. The Hall–Kier alpha value is -1.19. The molecule has 0 spiro atoms. The van der Waals surface area contributed by atoms with Crippen LogP contribution in [0.25, 0.3) is 0 Å². The molecule has 0 aromatic heterocycles. The molecule has 0 saturated carbocycles. The smallest absolute Gasteiger partial charge is 0.166 e. The highest BCUT2D eigenvalue weighted by Gasteiger charge is 2.23. The molecule has 1 unspecified atom stereocenters. The number of carbonyl (C=O) groups is 1. The lowest BCUT2D eigenvalue weighted by Gasteiger charge is -2.21. The summed E-state index contributed by atoms with van der Waals surface area (Å²) in [5.74, 6) is 0.680. The van der Waals surface area contributed by atoms with Crippen LogP contribution in [0.4, 0.5) is 0 Å². The standard InChI is InChI=1S/C15H21NO2/c1-11(10-16)13-3-2-4-14(9-13)15(17)12-5-7-18-8-6-12/h2-4,9,11-12H,5-8,10,16H2,1H3. The van der Waals surface area contributed by atoms with E-state index in [1.165, 1.54) is 0 Å². The van der Waals surface area contributed by atoms with Crippen LogP contribution in [0.5, 0.6) is 0 Å². The third-order valence-electron chi connectivity index (χ3n) is 3.69. The van der Waals surface area contributed by atoms with Crippen LogP contribution in [-0.2, 0) is 4.74 Å². The number of hydrogen-bond acceptors (Lipinski definition) is 3. The van der Waals surface area contributed by atoms with Crippen molar-refractivity contribution in [2.24, 2.45) is 11.7 Å². The third kappa shape index (κ3) is 2.98. The quantitative estimate of drug-likeness (QED) is 0.831. The Bertz CT molecular complexity index is 411. The lowest BCUT2D eigenvalue weighted by atomic mass is 9.89. The molecule has 1 aliphatic rings. The van der Waals surface area contributed by atoms with Crippen LogP contribution in [0.15, 0.2) is 24.3 Å². The van der Waals surface area contributed by atoms with Crippen molar-refractivity contribution in [3.63, 3.8) is 0 Å². The summed E-state index contributed by atoms with van der Waals surface area (Å²) in [7, 11) is 0. The summed E-state index contributed by atoms with van der Waals surface area (Å²) in [5, 5.41) is 0. The summed E-state index contributed by atoms with van der Waals surface area (Å²) in [4.78, 5) is 12.4. The zero-order valence-corrected chi connectivity index (χ0v) is 10.9. The molecule has 3 nitrogen and oxygen atoms in total. The van der Waals surface area contributed by atoms with E-state index in [4.69, 9.17) is 10.5 Å². The van der Waals surface area contributed by atoms with Gasteiger partial charge in [0.1, 0.15) is 0 Å². The molecule has 0 radical (unpaired) electrons. The van der Waals surface area contributed by atoms with Gasteiger partial charge in [0.15, 0.2) is 5.78 Å². The van der Waals surface area contributed by atoms with Gasteiger partial charge in [0.25, 0.3) is 0 Å². The fraction of sp³-hybridized carbons (Fsp3) is 0.533. The maximum Gasteiger partial charge on any atom is 0.166 e. The van der Waals surface area contributed by atoms with Gasteiger partial charge in [-0.15, -0.1) is 0 Å². The average molecular weight is 247 g/mol. The molecule has 0 amide bonds. The van der Waals surface area contributed by atoms with Crippen LogP contribution in [0.1, 0.15) is 41.6 Å². The van der Waals surface area contributed by atoms with Gasteiger partial charge in [-0.3, -0.25) is 4.79 Å². The molecular weight excluding hydrogens is 226 g/mol. The normalized spacial score (nSPS) is 18.6. The van der Waals surface area contributed by atoms with E-state index in [-0.39, 0.29) is 11.7 Å². The molecule has 0 aliphatic carbocycles. The van der Waals surface area contributed by atoms with Gasteiger partial charge in [-0.05, 0) is 36.9 Å². The molecular formula is C15H21NO2. The van der Waals surface area contributed by atoms with Crippen molar-refractivity contribution in [1.29, 1.82) is 0 Å². The zero-order valence-electron chi connectivity index (χ0n) is 10.9. The Kier molecular flexibility index (Phi) is 4.50. The van der Waals surface area contributed by atoms with Crippen molar-refractivity contribution < 1.29 is 9.53 Å². The van der Waals surface area contributed by atoms with Gasteiger partial charge in [0.05, 0.1) is 0 Å². The van der Waals surface area contributed by atoms with Gasteiger partial charge in [0.2, 0.25) is 0 Å². The zero-order chi connectivity index (χ0) is 13.0. The fourth-order valence-corrected chi connectivity index (χ4v) is 2.33. The van der Waals surface area contributed by atoms with Crippen molar-refractivity contribution in [1.82, 2.24) is 0 Å². The molecule has 1 aromatic carbocycles. The fourth-order valence-electron chi connectivity index (χ4n) is 2.33. The Balaban J connectivity index is 2.14. The van der Waals surface area contributed by atoms with E-state index >= 15 is 0 Å². The number of Topliss-reactive ketones (excluding diaryl/α,β-unsaturated/α-hetero) is 1. The molecule has 2 rings (SSSR count). The molecule has 0 bridgehead atoms. The first kappa shape index (κ1) is 13.2. The monoisotopic (exact) mass is 247 g/mol. The first-order chi connectivity index (χ1) is 8.72. The Morgan fingerprint density at radius 3 is 2.83 bits per heavy atom. The summed E-state index contributed by atoms with van der Waals surface area (Å²) in [5.41, 5.74) is 7.64. The number of hydrogen-bond donors (Lipinski definition) is 1. The van der Waals surface area contributed by atoms with E-state index in [0.29, 0.717) is 25.7 Å². The van der Waals surface area contributed by atoms with E-state index < -0.39 is 0 Å². The molecule has 1 fully saturated rings. The van der Waals surface area contributed by atoms with Gasteiger partial charge >= 0.3 is 0 Å². The number of ether oxygens (including phenoxy) is 1. The summed E-state index contributed by atoms with van der Waals surface area (Å²) in [6.07, 6.45) is 1.69. The second kappa shape index (κ2) is 6.12. The number of carbonyl (C=O) groups excluding carboxylic acids is 1. The van der Waals surface area contributed by atoms with Crippen molar-refractivity contribution >= 4 is 5.78 Å². The maximum atomic E-state index is 12.4. The maximum absolute atomic E-state index is 12.4. The average Bonchev–Trinajstić information content (AvgIpc) is 2.46. The van der Waals surface area contributed by atoms with Crippen LogP contribution < -0.4 is 5.73 Å². The van der Waals surface area contributed by atoms with Gasteiger partial charge in [-0.2, -0.15) is 0 Å². The van der Waals surface area contributed by atoms with Gasteiger partial charge in [-0.1, -0.05) is 25.1 Å². The predicted octanol–water partition coefficient (Wildman–Crippen LogP) is 2.36. The third-order valence-corrected chi connectivity index (χ3v) is 3.69. The molecule has 18 heavy (non-hydrogen) atoms. The van der Waals surface area contributed by atoms with Gasteiger partial charge in [0, 0.05) is 24.7 Å². The van der Waals surface area contributed by atoms with Crippen molar-refractivity contribution in [3.05, 3.63) is 35.4 Å².